The van der Waals surface area contributed by atoms with E-state index in [1.807, 2.05) is 30.4 Å². The first-order valence-electron chi connectivity index (χ1n) is 5.43. The molecule has 0 atom stereocenters. The maximum Gasteiger partial charge on any atom is 0.337 e. The van der Waals surface area contributed by atoms with Crippen molar-refractivity contribution in [2.45, 2.75) is 6.42 Å². The van der Waals surface area contributed by atoms with E-state index in [2.05, 4.69) is 4.98 Å². The molecule has 0 saturated carbocycles. The molecular formula is C13H14N2O2. The number of hydrogen-bond acceptors (Lipinski definition) is 2. The van der Waals surface area contributed by atoms with Gasteiger partial charge in [0.15, 0.2) is 0 Å². The standard InChI is InChI=1S/C13H14N2O2/c14-6-2-1-3-9-4-5-12-10(7-9)11(8-15-12)13(16)17/h1,3-5,7-8,15H,2,6,14H2,(H,16,17). The van der Waals surface area contributed by atoms with Gasteiger partial charge in [0.1, 0.15) is 0 Å². The highest BCUT2D eigenvalue weighted by atomic mass is 16.4. The van der Waals surface area contributed by atoms with Crippen molar-refractivity contribution in [1.29, 1.82) is 0 Å². The van der Waals surface area contributed by atoms with Crippen LogP contribution in [0.1, 0.15) is 22.3 Å². The number of nitrogens with one attached hydrogen (secondary N) is 1. The molecule has 1 aromatic carbocycles. The highest BCUT2D eigenvalue weighted by molar-refractivity contribution is 6.03. The van der Waals surface area contributed by atoms with E-state index in [1.54, 1.807) is 0 Å². The summed E-state index contributed by atoms with van der Waals surface area (Å²) in [4.78, 5) is 13.9. The first kappa shape index (κ1) is 11.4. The Kier molecular flexibility index (Phi) is 3.25. The largest absolute Gasteiger partial charge is 0.478 e. The molecule has 1 heterocycles. The van der Waals surface area contributed by atoms with Crippen LogP contribution in [0.15, 0.2) is 30.5 Å². The summed E-state index contributed by atoms with van der Waals surface area (Å²) in [6.45, 7) is 0.614. The van der Waals surface area contributed by atoms with E-state index in [0.29, 0.717) is 12.1 Å². The van der Waals surface area contributed by atoms with Gasteiger partial charge < -0.3 is 15.8 Å². The lowest BCUT2D eigenvalue weighted by Gasteiger charge is -1.96. The molecule has 88 valence electrons. The molecule has 0 fully saturated rings. The fraction of sp³-hybridized carbons (Fsp3) is 0.154. The van der Waals surface area contributed by atoms with Gasteiger partial charge in [0, 0.05) is 17.1 Å². The molecule has 2 rings (SSSR count). The zero-order chi connectivity index (χ0) is 12.3. The number of H-pyrrole nitrogens is 1. The predicted octanol–water partition coefficient (Wildman–Crippen LogP) is 2.23. The Labute approximate surface area is 98.8 Å². The number of nitrogens with two attached hydrogens (primary N) is 1. The maximum atomic E-state index is 11.0. The number of carboxylic acid groups (broad SMARTS) is 1. The molecule has 0 radical (unpaired) electrons. The Balaban J connectivity index is 2.41. The molecule has 0 saturated heterocycles. The lowest BCUT2D eigenvalue weighted by molar-refractivity contribution is 0.0699. The second kappa shape index (κ2) is 4.84. The fourth-order valence-corrected chi connectivity index (χ4v) is 1.73. The molecule has 0 unspecified atom stereocenters. The van der Waals surface area contributed by atoms with E-state index >= 15 is 0 Å². The minimum Gasteiger partial charge on any atom is -0.478 e. The van der Waals surface area contributed by atoms with Crippen LogP contribution in [0.4, 0.5) is 0 Å². The Morgan fingerprint density at radius 1 is 1.47 bits per heavy atom. The minimum absolute atomic E-state index is 0.300. The van der Waals surface area contributed by atoms with Crippen LogP contribution in [-0.2, 0) is 0 Å². The third-order valence-corrected chi connectivity index (χ3v) is 2.58. The van der Waals surface area contributed by atoms with Gasteiger partial charge in [-0.1, -0.05) is 18.2 Å². The molecule has 4 nitrogen and oxygen atoms in total. The number of carbonyl (C=O) groups is 1. The van der Waals surface area contributed by atoms with Crippen molar-refractivity contribution in [2.24, 2.45) is 5.73 Å². The van der Waals surface area contributed by atoms with E-state index in [4.69, 9.17) is 10.8 Å². The van der Waals surface area contributed by atoms with E-state index in [1.165, 1.54) is 6.20 Å². The minimum atomic E-state index is -0.917. The van der Waals surface area contributed by atoms with E-state index in [-0.39, 0.29) is 0 Å². The summed E-state index contributed by atoms with van der Waals surface area (Å²) >= 11 is 0. The number of aromatic carboxylic acids is 1. The molecule has 0 aliphatic heterocycles. The lowest BCUT2D eigenvalue weighted by Crippen LogP contribution is -1.95. The fourth-order valence-electron chi connectivity index (χ4n) is 1.73. The molecule has 4 N–H and O–H groups in total. The van der Waals surface area contributed by atoms with Gasteiger partial charge in [-0.2, -0.15) is 0 Å². The third kappa shape index (κ3) is 2.37. The van der Waals surface area contributed by atoms with Crippen LogP contribution >= 0.6 is 0 Å². The number of hydrogen-bond donors (Lipinski definition) is 3. The van der Waals surface area contributed by atoms with Crippen molar-refractivity contribution < 1.29 is 9.90 Å². The van der Waals surface area contributed by atoms with Crippen LogP contribution in [0.2, 0.25) is 0 Å². The second-order valence-electron chi connectivity index (χ2n) is 3.79. The number of aromatic nitrogens is 1. The van der Waals surface area contributed by atoms with Crippen molar-refractivity contribution in [3.8, 4) is 0 Å². The van der Waals surface area contributed by atoms with Gasteiger partial charge in [0.25, 0.3) is 0 Å². The zero-order valence-electron chi connectivity index (χ0n) is 9.31. The van der Waals surface area contributed by atoms with Gasteiger partial charge in [-0.25, -0.2) is 4.79 Å². The molecule has 0 aliphatic rings. The van der Waals surface area contributed by atoms with Gasteiger partial charge in [-0.3, -0.25) is 0 Å². The molecular weight excluding hydrogens is 216 g/mol. The Hall–Kier alpha value is -2.07. The summed E-state index contributed by atoms with van der Waals surface area (Å²) in [5.41, 5.74) is 7.51. The van der Waals surface area contributed by atoms with Crippen molar-refractivity contribution in [3.05, 3.63) is 41.6 Å². The normalized spacial score (nSPS) is 11.4. The topological polar surface area (TPSA) is 79.1 Å². The average Bonchev–Trinajstić information content (AvgIpc) is 2.72. The Morgan fingerprint density at radius 3 is 3.00 bits per heavy atom. The quantitative estimate of drug-likeness (QED) is 0.753. The van der Waals surface area contributed by atoms with Crippen LogP contribution in [0.25, 0.3) is 17.0 Å². The average molecular weight is 230 g/mol. The van der Waals surface area contributed by atoms with Crippen LogP contribution in [0.5, 0.6) is 0 Å². The summed E-state index contributed by atoms with van der Waals surface area (Å²) in [5.74, 6) is -0.917. The molecule has 0 bridgehead atoms. The van der Waals surface area contributed by atoms with Crippen molar-refractivity contribution in [2.75, 3.05) is 6.54 Å². The van der Waals surface area contributed by atoms with Gasteiger partial charge in [0.2, 0.25) is 0 Å². The van der Waals surface area contributed by atoms with E-state index in [0.717, 1.165) is 22.9 Å². The number of rotatable bonds is 4. The zero-order valence-corrected chi connectivity index (χ0v) is 9.31. The number of carboxylic acids is 1. The molecule has 2 aromatic rings. The van der Waals surface area contributed by atoms with E-state index < -0.39 is 5.97 Å². The summed E-state index contributed by atoms with van der Waals surface area (Å²) < 4.78 is 0. The van der Waals surface area contributed by atoms with Crippen molar-refractivity contribution in [3.63, 3.8) is 0 Å². The third-order valence-electron chi connectivity index (χ3n) is 2.58. The monoisotopic (exact) mass is 230 g/mol. The first-order valence-corrected chi connectivity index (χ1v) is 5.43. The Morgan fingerprint density at radius 2 is 2.29 bits per heavy atom. The van der Waals surface area contributed by atoms with Gasteiger partial charge in [-0.15, -0.1) is 0 Å². The van der Waals surface area contributed by atoms with Crippen LogP contribution in [0, 0.1) is 0 Å². The molecule has 4 heteroatoms. The Bertz CT molecular complexity index is 570. The van der Waals surface area contributed by atoms with Gasteiger partial charge in [-0.05, 0) is 30.7 Å². The number of aromatic amines is 1. The SMILES string of the molecule is NCCC=Cc1ccc2[nH]cc(C(=O)O)c2c1. The van der Waals surface area contributed by atoms with E-state index in [9.17, 15) is 4.79 Å². The lowest BCUT2D eigenvalue weighted by atomic mass is 10.1. The summed E-state index contributed by atoms with van der Waals surface area (Å²) in [6.07, 6.45) is 6.26. The molecule has 0 aliphatic carbocycles. The molecule has 17 heavy (non-hydrogen) atoms. The van der Waals surface area contributed by atoms with Crippen molar-refractivity contribution in [1.82, 2.24) is 4.98 Å². The predicted molar refractivity (Wildman–Crippen MR) is 68.0 cm³/mol. The van der Waals surface area contributed by atoms with Crippen LogP contribution < -0.4 is 5.73 Å². The maximum absolute atomic E-state index is 11.0. The van der Waals surface area contributed by atoms with Crippen molar-refractivity contribution >= 4 is 22.9 Å². The second-order valence-corrected chi connectivity index (χ2v) is 3.79. The summed E-state index contributed by atoms with van der Waals surface area (Å²) in [6, 6.07) is 5.68. The smallest absolute Gasteiger partial charge is 0.337 e. The number of fused-ring (bicyclic) bond motifs is 1. The summed E-state index contributed by atoms with van der Waals surface area (Å²) in [5, 5.41) is 9.75. The molecule has 0 amide bonds. The van der Waals surface area contributed by atoms with Crippen LogP contribution in [0.3, 0.4) is 0 Å². The number of benzene rings is 1. The molecule has 0 spiro atoms. The molecule has 1 aromatic heterocycles. The first-order chi connectivity index (χ1) is 8.22. The van der Waals surface area contributed by atoms with Crippen LogP contribution in [-0.4, -0.2) is 22.6 Å². The van der Waals surface area contributed by atoms with Gasteiger partial charge >= 0.3 is 5.97 Å². The highest BCUT2D eigenvalue weighted by Crippen LogP contribution is 2.20. The van der Waals surface area contributed by atoms with Gasteiger partial charge in [0.05, 0.1) is 5.56 Å². The highest BCUT2D eigenvalue weighted by Gasteiger charge is 2.09. The summed E-state index contributed by atoms with van der Waals surface area (Å²) in [7, 11) is 0.